The van der Waals surface area contributed by atoms with Gasteiger partial charge in [-0.3, -0.25) is 9.59 Å². The third-order valence-electron chi connectivity index (χ3n) is 7.81. The monoisotopic (exact) mass is 559 g/mol. The maximum absolute atomic E-state index is 13.4. The van der Waals surface area contributed by atoms with Gasteiger partial charge in [-0.15, -0.1) is 0 Å². The molecule has 1 aliphatic heterocycles. The number of alkyl halides is 2. The number of amides is 2. The molecule has 3 atom stereocenters. The van der Waals surface area contributed by atoms with Crippen LogP contribution in [0.1, 0.15) is 59.1 Å². The number of hydrogen-bond acceptors (Lipinski definition) is 4. The second-order valence-electron chi connectivity index (χ2n) is 10.4. The molecular weight excluding hydrogens is 531 g/mol. The third-order valence-corrected chi connectivity index (χ3v) is 7.81. The fraction of sp³-hybridized carbons (Fsp3) is 0.258. The summed E-state index contributed by atoms with van der Waals surface area (Å²) in [6, 6.07) is 17.9. The van der Waals surface area contributed by atoms with Crippen molar-refractivity contribution in [3.63, 3.8) is 0 Å². The number of rotatable bonds is 8. The number of halogens is 3. The number of anilines is 3. The fourth-order valence-corrected chi connectivity index (χ4v) is 5.89. The van der Waals surface area contributed by atoms with Crippen LogP contribution in [0.15, 0.2) is 72.9 Å². The van der Waals surface area contributed by atoms with Gasteiger partial charge in [-0.1, -0.05) is 36.8 Å². The number of aromatic nitrogens is 2. The molecule has 0 saturated heterocycles. The quantitative estimate of drug-likeness (QED) is 0.193. The van der Waals surface area contributed by atoms with Crippen molar-refractivity contribution in [3.05, 3.63) is 95.6 Å². The van der Waals surface area contributed by atoms with Crippen LogP contribution in [0.2, 0.25) is 0 Å². The number of carbonyl (C=O) groups excluding carboxylic acids is 2. The number of para-hydroxylation sites is 1. The molecule has 2 unspecified atom stereocenters. The van der Waals surface area contributed by atoms with Gasteiger partial charge in [0.25, 0.3) is 5.91 Å². The van der Waals surface area contributed by atoms with E-state index in [9.17, 15) is 22.8 Å². The Labute approximate surface area is 234 Å². The second kappa shape index (κ2) is 11.1. The molecule has 0 spiro atoms. The molecule has 210 valence electrons. The van der Waals surface area contributed by atoms with Gasteiger partial charge in [-0.25, -0.2) is 18.2 Å². The normalized spacial score (nSPS) is 18.4. The molecule has 1 saturated carbocycles. The van der Waals surface area contributed by atoms with Crippen LogP contribution in [-0.2, 0) is 4.79 Å². The number of nitrogens with zero attached hydrogens (tertiary/aromatic N) is 1. The van der Waals surface area contributed by atoms with E-state index >= 15 is 0 Å². The largest absolute Gasteiger partial charge is 0.356 e. The predicted octanol–water partition coefficient (Wildman–Crippen LogP) is 6.72. The van der Waals surface area contributed by atoms with E-state index in [2.05, 4.69) is 25.9 Å². The Morgan fingerprint density at radius 1 is 1.05 bits per heavy atom. The molecule has 0 radical (unpaired) electrons. The van der Waals surface area contributed by atoms with Gasteiger partial charge < -0.3 is 20.9 Å². The van der Waals surface area contributed by atoms with Crippen LogP contribution in [0, 0.1) is 5.82 Å². The maximum atomic E-state index is 13.4. The van der Waals surface area contributed by atoms with Crippen LogP contribution in [-0.4, -0.2) is 34.2 Å². The van der Waals surface area contributed by atoms with Crippen LogP contribution < -0.4 is 16.0 Å². The Morgan fingerprint density at radius 2 is 1.83 bits per heavy atom. The lowest BCUT2D eigenvalue weighted by Crippen LogP contribution is -2.41. The molecule has 4 aromatic rings. The SMILES string of the molecule is O=C1NC2CCCC2c2[nH]c(-c3ccnc(NC(=O)[C@H](CC(F)F)c4ccc(F)cc4)c3)c(Nc3ccccc3)c21. The Bertz CT molecular complexity index is 1570. The molecule has 41 heavy (non-hydrogen) atoms. The summed E-state index contributed by atoms with van der Waals surface area (Å²) in [6.45, 7) is 0. The number of carbonyl (C=O) groups is 2. The van der Waals surface area contributed by atoms with Gasteiger partial charge in [-0.05, 0) is 54.8 Å². The van der Waals surface area contributed by atoms with Crippen molar-refractivity contribution in [1.29, 1.82) is 0 Å². The minimum Gasteiger partial charge on any atom is -0.356 e. The summed E-state index contributed by atoms with van der Waals surface area (Å²) in [5.41, 5.74) is 4.43. The van der Waals surface area contributed by atoms with Crippen LogP contribution in [0.25, 0.3) is 11.3 Å². The molecule has 0 bridgehead atoms. The number of hydrogen-bond donors (Lipinski definition) is 4. The van der Waals surface area contributed by atoms with Crippen LogP contribution in [0.4, 0.5) is 30.4 Å². The molecule has 1 aliphatic carbocycles. The van der Waals surface area contributed by atoms with Crippen LogP contribution in [0.3, 0.4) is 0 Å². The molecule has 2 amide bonds. The van der Waals surface area contributed by atoms with Gasteiger partial charge in [0, 0.05) is 41.5 Å². The first-order chi connectivity index (χ1) is 19.9. The second-order valence-corrected chi connectivity index (χ2v) is 10.4. The number of benzene rings is 2. The van der Waals surface area contributed by atoms with Crippen molar-refractivity contribution in [3.8, 4) is 11.3 Å². The van der Waals surface area contributed by atoms with Gasteiger partial charge in [0.1, 0.15) is 11.6 Å². The lowest BCUT2D eigenvalue weighted by molar-refractivity contribution is -0.118. The van der Waals surface area contributed by atoms with Crippen molar-refractivity contribution < 1.29 is 22.8 Å². The molecule has 6 rings (SSSR count). The van der Waals surface area contributed by atoms with Crippen molar-refractivity contribution in [1.82, 2.24) is 15.3 Å². The topological polar surface area (TPSA) is 98.9 Å². The molecular formula is C31H28F3N5O2. The Morgan fingerprint density at radius 3 is 2.59 bits per heavy atom. The summed E-state index contributed by atoms with van der Waals surface area (Å²) in [4.78, 5) is 34.2. The molecule has 7 nitrogen and oxygen atoms in total. The summed E-state index contributed by atoms with van der Waals surface area (Å²) in [7, 11) is 0. The summed E-state index contributed by atoms with van der Waals surface area (Å²) >= 11 is 0. The van der Waals surface area contributed by atoms with Crippen LogP contribution in [0.5, 0.6) is 0 Å². The van der Waals surface area contributed by atoms with Gasteiger partial charge in [0.15, 0.2) is 0 Å². The zero-order chi connectivity index (χ0) is 28.5. The highest BCUT2D eigenvalue weighted by molar-refractivity contribution is 6.07. The highest BCUT2D eigenvalue weighted by Gasteiger charge is 2.40. The summed E-state index contributed by atoms with van der Waals surface area (Å²) < 4.78 is 40.2. The minimum absolute atomic E-state index is 0.0802. The number of H-pyrrole nitrogens is 1. The number of aromatic amines is 1. The highest BCUT2D eigenvalue weighted by Crippen LogP contribution is 2.45. The molecule has 10 heteroatoms. The van der Waals surface area contributed by atoms with E-state index < -0.39 is 30.5 Å². The van der Waals surface area contributed by atoms with E-state index in [0.29, 0.717) is 22.5 Å². The van der Waals surface area contributed by atoms with E-state index in [4.69, 9.17) is 0 Å². The molecule has 1 fully saturated rings. The standard InChI is InChI=1S/C31H28F3N5O2/c32-19-11-9-17(10-12-19)22(16-24(33)34)30(40)38-25-15-18(13-14-35-25)27-29(36-20-5-2-1-3-6-20)26-28(39-27)21-7-4-8-23(21)37-31(26)41/h1-3,5-6,9-15,21-24,36,39H,4,7-8,16H2,(H,37,41)(H,35,38,40)/t21?,22-,23?/m1/s1. The van der Waals surface area contributed by atoms with Crippen molar-refractivity contribution >= 4 is 29.0 Å². The minimum atomic E-state index is -2.74. The smallest absolute Gasteiger partial charge is 0.255 e. The fourth-order valence-electron chi connectivity index (χ4n) is 5.89. The molecule has 2 aromatic carbocycles. The molecule has 3 heterocycles. The molecule has 2 aliphatic rings. The lowest BCUT2D eigenvalue weighted by Gasteiger charge is -2.27. The van der Waals surface area contributed by atoms with E-state index in [1.165, 1.54) is 18.3 Å². The first-order valence-corrected chi connectivity index (χ1v) is 13.6. The third kappa shape index (κ3) is 5.41. The lowest BCUT2D eigenvalue weighted by atomic mass is 9.91. The average molecular weight is 560 g/mol. The van der Waals surface area contributed by atoms with E-state index in [1.54, 1.807) is 12.1 Å². The van der Waals surface area contributed by atoms with Gasteiger partial charge in [0.05, 0.1) is 22.9 Å². The Kier molecular flexibility index (Phi) is 7.21. The van der Waals surface area contributed by atoms with Crippen molar-refractivity contribution in [2.24, 2.45) is 0 Å². The molecule has 4 N–H and O–H groups in total. The van der Waals surface area contributed by atoms with Crippen LogP contribution >= 0.6 is 0 Å². The zero-order valence-electron chi connectivity index (χ0n) is 22.0. The first-order valence-electron chi connectivity index (χ1n) is 13.6. The van der Waals surface area contributed by atoms with E-state index in [1.807, 2.05) is 30.3 Å². The number of fused-ring (bicyclic) bond motifs is 3. The maximum Gasteiger partial charge on any atom is 0.255 e. The van der Waals surface area contributed by atoms with Crippen molar-refractivity contribution in [2.45, 2.75) is 50.0 Å². The van der Waals surface area contributed by atoms with Crippen molar-refractivity contribution in [2.75, 3.05) is 10.6 Å². The van der Waals surface area contributed by atoms with E-state index in [0.717, 1.165) is 42.8 Å². The number of pyridine rings is 1. The van der Waals surface area contributed by atoms with E-state index in [-0.39, 0.29) is 29.2 Å². The number of nitrogens with one attached hydrogen (secondary N) is 4. The average Bonchev–Trinajstić information content (AvgIpc) is 3.58. The Hall–Kier alpha value is -4.60. The molecule has 2 aromatic heterocycles. The zero-order valence-corrected chi connectivity index (χ0v) is 22.0. The Balaban J connectivity index is 1.35. The predicted molar refractivity (Wildman–Crippen MR) is 150 cm³/mol. The highest BCUT2D eigenvalue weighted by atomic mass is 19.3. The first kappa shape index (κ1) is 26.6. The van der Waals surface area contributed by atoms with Gasteiger partial charge in [-0.2, -0.15) is 0 Å². The summed E-state index contributed by atoms with van der Waals surface area (Å²) in [5.74, 6) is -2.22. The van der Waals surface area contributed by atoms with Gasteiger partial charge in [0.2, 0.25) is 12.3 Å². The summed E-state index contributed by atoms with van der Waals surface area (Å²) in [6.07, 6.45) is 0.945. The summed E-state index contributed by atoms with van der Waals surface area (Å²) in [5, 5.41) is 9.22. The van der Waals surface area contributed by atoms with Gasteiger partial charge >= 0.3 is 0 Å².